The fraction of sp³-hybridized carbons (Fsp3) is 0.0769. The molecule has 0 saturated carbocycles. The molecule has 2 aromatic heterocycles. The molecule has 0 aliphatic heterocycles. The van der Waals surface area contributed by atoms with Crippen molar-refractivity contribution in [2.45, 2.75) is 6.23 Å². The summed E-state index contributed by atoms with van der Waals surface area (Å²) in [5.41, 5.74) is 7.80. The Morgan fingerprint density at radius 2 is 2.11 bits per heavy atom. The Hall–Kier alpha value is -1.76. The van der Waals surface area contributed by atoms with Gasteiger partial charge in [0, 0.05) is 28.6 Å². The fourth-order valence-corrected chi connectivity index (χ4v) is 2.26. The summed E-state index contributed by atoms with van der Waals surface area (Å²) in [6.07, 6.45) is 4.24. The van der Waals surface area contributed by atoms with E-state index in [0.29, 0.717) is 11.5 Å². The number of aliphatic hydroxyl groups excluding tert-OH is 1. The van der Waals surface area contributed by atoms with Gasteiger partial charge in [0.1, 0.15) is 11.9 Å². The first-order valence-corrected chi connectivity index (χ1v) is 6.47. The average molecular weight is 319 g/mol. The molecule has 1 aromatic carbocycles. The number of hydrogen-bond donors (Lipinski definition) is 2. The van der Waals surface area contributed by atoms with E-state index in [1.807, 2.05) is 30.5 Å². The summed E-state index contributed by atoms with van der Waals surface area (Å²) in [4.78, 5) is 8.39. The van der Waals surface area contributed by atoms with E-state index < -0.39 is 6.23 Å². The lowest BCUT2D eigenvalue weighted by molar-refractivity contribution is 0.182. The molecule has 96 valence electrons. The van der Waals surface area contributed by atoms with Gasteiger partial charge in [-0.1, -0.05) is 28.1 Å². The maximum Gasteiger partial charge on any atom is 0.234 e. The molecular weight excluding hydrogens is 308 g/mol. The van der Waals surface area contributed by atoms with Crippen LogP contribution in [-0.4, -0.2) is 19.5 Å². The van der Waals surface area contributed by atoms with Gasteiger partial charge < -0.3 is 10.8 Å². The zero-order valence-electron chi connectivity index (χ0n) is 9.86. The van der Waals surface area contributed by atoms with E-state index >= 15 is 0 Å². The van der Waals surface area contributed by atoms with Gasteiger partial charge in [-0.3, -0.25) is 4.40 Å². The van der Waals surface area contributed by atoms with Gasteiger partial charge in [0.25, 0.3) is 0 Å². The monoisotopic (exact) mass is 318 g/mol. The summed E-state index contributed by atoms with van der Waals surface area (Å²) >= 11 is 3.44. The third-order valence-corrected chi connectivity index (χ3v) is 3.28. The lowest BCUT2D eigenvalue weighted by Crippen LogP contribution is -2.08. The van der Waals surface area contributed by atoms with Crippen LogP contribution in [0.1, 0.15) is 11.9 Å². The molecule has 19 heavy (non-hydrogen) atoms. The smallest absolute Gasteiger partial charge is 0.234 e. The van der Waals surface area contributed by atoms with Crippen molar-refractivity contribution in [1.29, 1.82) is 0 Å². The Balaban J connectivity index is 2.11. The predicted molar refractivity (Wildman–Crippen MR) is 75.3 cm³/mol. The second kappa shape index (κ2) is 4.73. The molecule has 3 aromatic rings. The third-order valence-electron chi connectivity index (χ3n) is 2.79. The molecule has 1 unspecified atom stereocenters. The highest BCUT2D eigenvalue weighted by Crippen LogP contribution is 2.22. The lowest BCUT2D eigenvalue weighted by Gasteiger charge is -2.02. The van der Waals surface area contributed by atoms with E-state index in [-0.39, 0.29) is 0 Å². The number of hydrogen-bond acceptors (Lipinski definition) is 4. The number of imidazole rings is 1. The van der Waals surface area contributed by atoms with Crippen molar-refractivity contribution in [2.24, 2.45) is 5.73 Å². The van der Waals surface area contributed by atoms with Crippen LogP contribution in [0, 0.1) is 0 Å². The van der Waals surface area contributed by atoms with Crippen LogP contribution in [0.2, 0.25) is 0 Å². The zero-order chi connectivity index (χ0) is 13.4. The first-order valence-electron chi connectivity index (χ1n) is 5.68. The normalized spacial score (nSPS) is 12.8. The highest BCUT2D eigenvalue weighted by Gasteiger charge is 2.09. The van der Waals surface area contributed by atoms with Crippen LogP contribution in [0.4, 0.5) is 0 Å². The minimum atomic E-state index is -1.09. The topological polar surface area (TPSA) is 76.4 Å². The standard InChI is InChI=1S/C13H11BrN4O/c14-10-3-1-2-8(4-10)9-5-16-13-17-11(12(15)19)7-18(13)6-9/h1-7,12,19H,15H2. The SMILES string of the molecule is NC(O)c1cn2cc(-c3cccc(Br)c3)cnc2n1. The third kappa shape index (κ3) is 2.37. The molecule has 0 fully saturated rings. The van der Waals surface area contributed by atoms with E-state index in [2.05, 4.69) is 25.9 Å². The minimum Gasteiger partial charge on any atom is -0.373 e. The van der Waals surface area contributed by atoms with Crippen LogP contribution in [0.15, 0.2) is 47.3 Å². The van der Waals surface area contributed by atoms with Crippen molar-refractivity contribution in [3.8, 4) is 11.1 Å². The van der Waals surface area contributed by atoms with Gasteiger partial charge in [-0.25, -0.2) is 9.97 Å². The van der Waals surface area contributed by atoms with Crippen molar-refractivity contribution < 1.29 is 5.11 Å². The molecule has 0 bridgehead atoms. The van der Waals surface area contributed by atoms with Crippen molar-refractivity contribution in [3.05, 3.63) is 53.0 Å². The number of nitrogens with two attached hydrogens (primary N) is 1. The van der Waals surface area contributed by atoms with Crippen LogP contribution < -0.4 is 5.73 Å². The number of fused-ring (bicyclic) bond motifs is 1. The molecule has 1 atom stereocenters. The van der Waals surface area contributed by atoms with Crippen LogP contribution in [0.25, 0.3) is 16.9 Å². The largest absolute Gasteiger partial charge is 0.373 e. The van der Waals surface area contributed by atoms with E-state index in [1.54, 1.807) is 16.8 Å². The second-order valence-corrected chi connectivity index (χ2v) is 5.09. The van der Waals surface area contributed by atoms with E-state index in [0.717, 1.165) is 15.6 Å². The highest BCUT2D eigenvalue weighted by atomic mass is 79.9. The lowest BCUT2D eigenvalue weighted by atomic mass is 10.1. The van der Waals surface area contributed by atoms with Crippen LogP contribution >= 0.6 is 15.9 Å². The van der Waals surface area contributed by atoms with Crippen LogP contribution in [0.5, 0.6) is 0 Å². The van der Waals surface area contributed by atoms with Crippen LogP contribution in [0.3, 0.4) is 0 Å². The number of rotatable bonds is 2. The number of aromatic nitrogens is 3. The molecule has 3 N–H and O–H groups in total. The molecule has 0 aliphatic carbocycles. The fourth-order valence-electron chi connectivity index (χ4n) is 1.86. The van der Waals surface area contributed by atoms with Crippen molar-refractivity contribution in [1.82, 2.24) is 14.4 Å². The molecule has 2 heterocycles. The number of aliphatic hydroxyl groups is 1. The van der Waals surface area contributed by atoms with Gasteiger partial charge in [0.05, 0.1) is 0 Å². The zero-order valence-corrected chi connectivity index (χ0v) is 11.4. The summed E-state index contributed by atoms with van der Waals surface area (Å²) in [6.45, 7) is 0. The molecule has 3 rings (SSSR count). The quantitative estimate of drug-likeness (QED) is 0.709. The Morgan fingerprint density at radius 1 is 1.26 bits per heavy atom. The van der Waals surface area contributed by atoms with E-state index in [1.165, 1.54) is 0 Å². The number of halogens is 1. The molecule has 6 heteroatoms. The number of benzene rings is 1. The van der Waals surface area contributed by atoms with Gasteiger partial charge in [-0.2, -0.15) is 0 Å². The van der Waals surface area contributed by atoms with Gasteiger partial charge in [-0.05, 0) is 17.7 Å². The Kier molecular flexibility index (Phi) is 3.06. The summed E-state index contributed by atoms with van der Waals surface area (Å²) in [7, 11) is 0. The molecule has 0 aliphatic rings. The van der Waals surface area contributed by atoms with Crippen molar-refractivity contribution in [3.63, 3.8) is 0 Å². The summed E-state index contributed by atoms with van der Waals surface area (Å²) in [6, 6.07) is 7.95. The van der Waals surface area contributed by atoms with E-state index in [4.69, 9.17) is 5.73 Å². The van der Waals surface area contributed by atoms with Crippen molar-refractivity contribution in [2.75, 3.05) is 0 Å². The predicted octanol–water partition coefficient (Wildman–Crippen LogP) is 2.11. The summed E-state index contributed by atoms with van der Waals surface area (Å²) in [5, 5.41) is 9.32. The van der Waals surface area contributed by atoms with E-state index in [9.17, 15) is 5.11 Å². The molecular formula is C13H11BrN4O. The van der Waals surface area contributed by atoms with Gasteiger partial charge in [-0.15, -0.1) is 0 Å². The Labute approximate surface area is 117 Å². The molecule has 5 nitrogen and oxygen atoms in total. The molecule has 0 amide bonds. The summed E-state index contributed by atoms with van der Waals surface area (Å²) < 4.78 is 2.76. The first-order chi connectivity index (χ1) is 9.13. The Bertz CT molecular complexity index is 738. The van der Waals surface area contributed by atoms with Crippen LogP contribution in [-0.2, 0) is 0 Å². The average Bonchev–Trinajstić information content (AvgIpc) is 2.81. The maximum atomic E-state index is 9.32. The summed E-state index contributed by atoms with van der Waals surface area (Å²) in [5.74, 6) is 0.512. The minimum absolute atomic E-state index is 0.402. The highest BCUT2D eigenvalue weighted by molar-refractivity contribution is 9.10. The van der Waals surface area contributed by atoms with Gasteiger partial charge >= 0.3 is 0 Å². The van der Waals surface area contributed by atoms with Crippen molar-refractivity contribution >= 4 is 21.7 Å². The molecule has 0 radical (unpaired) electrons. The molecule has 0 spiro atoms. The molecule has 0 saturated heterocycles. The van der Waals surface area contributed by atoms with Gasteiger partial charge in [0.2, 0.25) is 5.78 Å². The number of nitrogens with zero attached hydrogens (tertiary/aromatic N) is 3. The maximum absolute atomic E-state index is 9.32. The first kappa shape index (κ1) is 12.3. The Morgan fingerprint density at radius 3 is 2.84 bits per heavy atom. The second-order valence-electron chi connectivity index (χ2n) is 4.17. The van der Waals surface area contributed by atoms with Gasteiger partial charge in [0.15, 0.2) is 0 Å².